The maximum Gasteiger partial charge on any atom is 0.254 e. The number of nitrogens with zero attached hydrogens (tertiary/aromatic N) is 4. The van der Waals surface area contributed by atoms with Crippen LogP contribution in [0, 0.1) is 18.6 Å². The van der Waals surface area contributed by atoms with Gasteiger partial charge in [0.05, 0.1) is 6.04 Å². The molecule has 1 unspecified atom stereocenters. The first-order valence-electron chi connectivity index (χ1n) is 9.81. The summed E-state index contributed by atoms with van der Waals surface area (Å²) in [6.45, 7) is 6.17. The summed E-state index contributed by atoms with van der Waals surface area (Å²) < 4.78 is 32.0. The lowest BCUT2D eigenvalue weighted by atomic mass is 10.1. The number of aryl methyl sites for hydroxylation is 1. The molecule has 2 aromatic carbocycles. The fourth-order valence-corrected chi connectivity index (χ4v) is 3.51. The Bertz CT molecular complexity index is 1040. The molecular formula is C22H22F2N4O2. The Balaban J connectivity index is 1.38. The van der Waals surface area contributed by atoms with Crippen LogP contribution in [0.1, 0.15) is 34.8 Å². The van der Waals surface area contributed by atoms with Crippen molar-refractivity contribution in [3.8, 4) is 11.4 Å². The Kier molecular flexibility index (Phi) is 5.59. The molecule has 0 aliphatic carbocycles. The van der Waals surface area contributed by atoms with Crippen LogP contribution in [0.3, 0.4) is 0 Å². The molecule has 1 aromatic heterocycles. The van der Waals surface area contributed by atoms with Gasteiger partial charge in [0.1, 0.15) is 0 Å². The lowest BCUT2D eigenvalue weighted by Gasteiger charge is -2.36. The molecule has 1 aliphatic rings. The number of amides is 1. The second kappa shape index (κ2) is 8.31. The summed E-state index contributed by atoms with van der Waals surface area (Å²) >= 11 is 0. The fourth-order valence-electron chi connectivity index (χ4n) is 3.51. The smallest absolute Gasteiger partial charge is 0.254 e. The van der Waals surface area contributed by atoms with E-state index in [0.717, 1.165) is 23.3 Å². The normalized spacial score (nSPS) is 15.9. The van der Waals surface area contributed by atoms with Crippen molar-refractivity contribution in [2.75, 3.05) is 26.2 Å². The van der Waals surface area contributed by atoms with Gasteiger partial charge in [-0.1, -0.05) is 35.0 Å². The van der Waals surface area contributed by atoms with Gasteiger partial charge in [0, 0.05) is 37.3 Å². The summed E-state index contributed by atoms with van der Waals surface area (Å²) in [4.78, 5) is 20.9. The molecule has 156 valence electrons. The van der Waals surface area contributed by atoms with Gasteiger partial charge in [-0.2, -0.15) is 4.98 Å². The standard InChI is InChI=1S/C22H22F2N4O2/c1-14-3-5-16(6-4-14)20-25-21(30-26-20)15(2)27-9-11-28(12-10-27)22(29)17-7-8-18(23)19(24)13-17/h3-8,13,15H,9-12H2,1-2H3. The number of halogens is 2. The Morgan fingerprint density at radius 3 is 2.40 bits per heavy atom. The van der Waals surface area contributed by atoms with Crippen LogP contribution in [0.25, 0.3) is 11.4 Å². The van der Waals surface area contributed by atoms with E-state index in [1.54, 1.807) is 4.90 Å². The Labute approximate surface area is 173 Å². The van der Waals surface area contributed by atoms with Crippen molar-refractivity contribution in [1.82, 2.24) is 19.9 Å². The van der Waals surface area contributed by atoms with E-state index < -0.39 is 11.6 Å². The minimum Gasteiger partial charge on any atom is -0.337 e. The number of carbonyl (C=O) groups excluding carboxylic acids is 1. The summed E-state index contributed by atoms with van der Waals surface area (Å²) in [7, 11) is 0. The van der Waals surface area contributed by atoms with Gasteiger partial charge >= 0.3 is 0 Å². The van der Waals surface area contributed by atoms with E-state index in [2.05, 4.69) is 15.0 Å². The van der Waals surface area contributed by atoms with Gasteiger partial charge in [0.2, 0.25) is 11.7 Å². The van der Waals surface area contributed by atoms with E-state index in [1.165, 1.54) is 6.07 Å². The van der Waals surface area contributed by atoms with Gasteiger partial charge in [0.25, 0.3) is 5.91 Å². The molecule has 0 spiro atoms. The molecule has 2 heterocycles. The van der Waals surface area contributed by atoms with Crippen molar-refractivity contribution in [3.05, 3.63) is 71.1 Å². The third-order valence-electron chi connectivity index (χ3n) is 5.42. The molecule has 0 N–H and O–H groups in total. The van der Waals surface area contributed by atoms with Gasteiger partial charge in [-0.15, -0.1) is 0 Å². The van der Waals surface area contributed by atoms with E-state index >= 15 is 0 Å². The number of hydrogen-bond donors (Lipinski definition) is 0. The predicted octanol–water partition coefficient (Wildman–Crippen LogP) is 3.84. The molecule has 30 heavy (non-hydrogen) atoms. The van der Waals surface area contributed by atoms with Crippen molar-refractivity contribution < 1.29 is 18.1 Å². The van der Waals surface area contributed by atoms with Crippen LogP contribution < -0.4 is 0 Å². The number of piperazine rings is 1. The number of hydrogen-bond acceptors (Lipinski definition) is 5. The quantitative estimate of drug-likeness (QED) is 0.652. The fraction of sp³-hybridized carbons (Fsp3) is 0.318. The second-order valence-electron chi connectivity index (χ2n) is 7.46. The maximum absolute atomic E-state index is 13.4. The van der Waals surface area contributed by atoms with Crippen LogP contribution in [-0.4, -0.2) is 52.0 Å². The van der Waals surface area contributed by atoms with Crippen LogP contribution in [0.5, 0.6) is 0 Å². The average Bonchev–Trinajstić information content (AvgIpc) is 3.25. The van der Waals surface area contributed by atoms with E-state index in [0.29, 0.717) is 37.9 Å². The van der Waals surface area contributed by atoms with Crippen molar-refractivity contribution in [2.45, 2.75) is 19.9 Å². The zero-order chi connectivity index (χ0) is 21.3. The largest absolute Gasteiger partial charge is 0.337 e. The zero-order valence-electron chi connectivity index (χ0n) is 16.8. The molecule has 8 heteroatoms. The van der Waals surface area contributed by atoms with Gasteiger partial charge in [-0.3, -0.25) is 9.69 Å². The Hall–Kier alpha value is -3.13. The third kappa shape index (κ3) is 4.09. The highest BCUT2D eigenvalue weighted by Crippen LogP contribution is 2.24. The summed E-state index contributed by atoms with van der Waals surface area (Å²) in [5.41, 5.74) is 2.20. The molecule has 1 fully saturated rings. The summed E-state index contributed by atoms with van der Waals surface area (Å²) in [5.74, 6) is -1.22. The van der Waals surface area contributed by atoms with Crippen molar-refractivity contribution >= 4 is 5.91 Å². The van der Waals surface area contributed by atoms with E-state index in [9.17, 15) is 13.6 Å². The third-order valence-corrected chi connectivity index (χ3v) is 5.42. The lowest BCUT2D eigenvalue weighted by molar-refractivity contribution is 0.0551. The SMILES string of the molecule is Cc1ccc(-c2noc(C(C)N3CCN(C(=O)c4ccc(F)c(F)c4)CC3)n2)cc1. The molecule has 6 nitrogen and oxygen atoms in total. The van der Waals surface area contributed by atoms with Gasteiger partial charge in [0.15, 0.2) is 11.6 Å². The molecule has 3 aromatic rings. The summed E-state index contributed by atoms with van der Waals surface area (Å²) in [6, 6.07) is 11.0. The monoisotopic (exact) mass is 412 g/mol. The molecule has 1 amide bonds. The van der Waals surface area contributed by atoms with Gasteiger partial charge in [-0.25, -0.2) is 8.78 Å². The molecule has 0 saturated carbocycles. The maximum atomic E-state index is 13.4. The number of aromatic nitrogens is 2. The van der Waals surface area contributed by atoms with Crippen molar-refractivity contribution in [2.24, 2.45) is 0 Å². The molecular weight excluding hydrogens is 390 g/mol. The topological polar surface area (TPSA) is 62.5 Å². The first-order chi connectivity index (χ1) is 14.4. The molecule has 0 bridgehead atoms. The molecule has 1 atom stereocenters. The summed E-state index contributed by atoms with van der Waals surface area (Å²) in [6.07, 6.45) is 0. The number of benzene rings is 2. The van der Waals surface area contributed by atoms with E-state index in [4.69, 9.17) is 4.52 Å². The zero-order valence-corrected chi connectivity index (χ0v) is 16.8. The van der Waals surface area contributed by atoms with Gasteiger partial charge in [-0.05, 0) is 32.0 Å². The van der Waals surface area contributed by atoms with E-state index in [1.807, 2.05) is 38.1 Å². The van der Waals surface area contributed by atoms with Gasteiger partial charge < -0.3 is 9.42 Å². The van der Waals surface area contributed by atoms with Crippen molar-refractivity contribution in [1.29, 1.82) is 0 Å². The Morgan fingerprint density at radius 1 is 1.03 bits per heavy atom. The van der Waals surface area contributed by atoms with Crippen LogP contribution >= 0.6 is 0 Å². The van der Waals surface area contributed by atoms with Crippen LogP contribution in [-0.2, 0) is 0 Å². The molecule has 1 aliphatic heterocycles. The highest BCUT2D eigenvalue weighted by molar-refractivity contribution is 5.94. The average molecular weight is 412 g/mol. The highest BCUT2D eigenvalue weighted by atomic mass is 19.2. The first kappa shape index (κ1) is 20.2. The molecule has 0 radical (unpaired) electrons. The van der Waals surface area contributed by atoms with Crippen molar-refractivity contribution in [3.63, 3.8) is 0 Å². The Morgan fingerprint density at radius 2 is 1.73 bits per heavy atom. The molecule has 4 rings (SSSR count). The summed E-state index contributed by atoms with van der Waals surface area (Å²) in [5, 5.41) is 4.09. The van der Waals surface area contributed by atoms with E-state index in [-0.39, 0.29) is 17.5 Å². The minimum absolute atomic E-state index is 0.0998. The lowest BCUT2D eigenvalue weighted by Crippen LogP contribution is -2.49. The number of carbonyl (C=O) groups is 1. The minimum atomic E-state index is -1.02. The van der Waals surface area contributed by atoms with Crippen LogP contribution in [0.2, 0.25) is 0 Å². The second-order valence-corrected chi connectivity index (χ2v) is 7.46. The highest BCUT2D eigenvalue weighted by Gasteiger charge is 2.28. The predicted molar refractivity (Wildman–Crippen MR) is 107 cm³/mol. The number of rotatable bonds is 4. The van der Waals surface area contributed by atoms with Crippen LogP contribution in [0.15, 0.2) is 47.0 Å². The van der Waals surface area contributed by atoms with Crippen LogP contribution in [0.4, 0.5) is 8.78 Å². The first-order valence-corrected chi connectivity index (χ1v) is 9.81. The molecule has 1 saturated heterocycles.